The molecule has 0 aliphatic carbocycles. The van der Waals surface area contributed by atoms with Gasteiger partial charge >= 0.3 is 5.97 Å². The number of nitrogens with zero attached hydrogens (tertiary/aromatic N) is 1. The van der Waals surface area contributed by atoms with Crippen molar-refractivity contribution < 1.29 is 19.1 Å². The van der Waals surface area contributed by atoms with Crippen LogP contribution in [0.4, 0.5) is 5.69 Å². The van der Waals surface area contributed by atoms with E-state index in [4.69, 9.17) is 9.47 Å². The molecule has 5 nitrogen and oxygen atoms in total. The standard InChI is InChI=1S/C18H25NO4/c1-18(2,3)23-17(21)10-6-9-16(20)19-12-11-13-14(19)7-5-8-15(13)22-4/h5,7-8H,6,9-12H2,1-4H3. The second-order valence-electron chi connectivity index (χ2n) is 6.69. The van der Waals surface area contributed by atoms with Crippen LogP contribution in [-0.2, 0) is 20.7 Å². The molecule has 1 amide bonds. The number of hydrogen-bond acceptors (Lipinski definition) is 4. The molecule has 1 aromatic rings. The van der Waals surface area contributed by atoms with E-state index in [1.807, 2.05) is 39.0 Å². The first kappa shape index (κ1) is 17.3. The van der Waals surface area contributed by atoms with Crippen molar-refractivity contribution in [3.63, 3.8) is 0 Å². The van der Waals surface area contributed by atoms with Gasteiger partial charge in [0.1, 0.15) is 11.4 Å². The Morgan fingerprint density at radius 1 is 1.22 bits per heavy atom. The van der Waals surface area contributed by atoms with E-state index in [0.717, 1.165) is 23.4 Å². The summed E-state index contributed by atoms with van der Waals surface area (Å²) in [5.41, 5.74) is 1.52. The lowest BCUT2D eigenvalue weighted by Crippen LogP contribution is -2.29. The summed E-state index contributed by atoms with van der Waals surface area (Å²) >= 11 is 0. The fourth-order valence-electron chi connectivity index (χ4n) is 2.76. The average molecular weight is 319 g/mol. The molecule has 0 fully saturated rings. The molecule has 0 radical (unpaired) electrons. The summed E-state index contributed by atoms with van der Waals surface area (Å²) in [6, 6.07) is 5.75. The van der Waals surface area contributed by atoms with Crippen LogP contribution < -0.4 is 9.64 Å². The Morgan fingerprint density at radius 3 is 2.61 bits per heavy atom. The Bertz CT molecular complexity index is 589. The number of methoxy groups -OCH3 is 1. The van der Waals surface area contributed by atoms with Crippen LogP contribution >= 0.6 is 0 Å². The van der Waals surface area contributed by atoms with Crippen molar-refractivity contribution in [2.24, 2.45) is 0 Å². The summed E-state index contributed by atoms with van der Waals surface area (Å²) in [5, 5.41) is 0. The molecule has 1 aliphatic heterocycles. The zero-order valence-electron chi connectivity index (χ0n) is 14.3. The number of ether oxygens (including phenoxy) is 2. The quantitative estimate of drug-likeness (QED) is 0.783. The first-order valence-electron chi connectivity index (χ1n) is 8.00. The maximum absolute atomic E-state index is 12.4. The molecular weight excluding hydrogens is 294 g/mol. The number of rotatable bonds is 5. The third kappa shape index (κ3) is 4.47. The molecule has 0 spiro atoms. The highest BCUT2D eigenvalue weighted by atomic mass is 16.6. The van der Waals surface area contributed by atoms with Crippen LogP contribution in [0, 0.1) is 0 Å². The molecule has 0 atom stereocenters. The topological polar surface area (TPSA) is 55.8 Å². The van der Waals surface area contributed by atoms with Crippen molar-refractivity contribution in [2.75, 3.05) is 18.6 Å². The van der Waals surface area contributed by atoms with Gasteiger partial charge in [0, 0.05) is 24.9 Å². The monoisotopic (exact) mass is 319 g/mol. The Kier molecular flexibility index (Phi) is 5.29. The van der Waals surface area contributed by atoms with Gasteiger partial charge in [-0.05, 0) is 45.7 Å². The van der Waals surface area contributed by atoms with Gasteiger partial charge in [-0.2, -0.15) is 0 Å². The number of carbonyl (C=O) groups excluding carboxylic acids is 2. The summed E-state index contributed by atoms with van der Waals surface area (Å²) in [6.45, 7) is 6.18. The largest absolute Gasteiger partial charge is 0.496 e. The highest BCUT2D eigenvalue weighted by Gasteiger charge is 2.26. The van der Waals surface area contributed by atoms with Gasteiger partial charge in [-0.3, -0.25) is 9.59 Å². The molecule has 5 heteroatoms. The Morgan fingerprint density at radius 2 is 1.96 bits per heavy atom. The smallest absolute Gasteiger partial charge is 0.306 e. The molecule has 0 bridgehead atoms. The van der Waals surface area contributed by atoms with E-state index in [1.54, 1.807) is 12.0 Å². The van der Waals surface area contributed by atoms with Crippen LogP contribution in [0.3, 0.4) is 0 Å². The molecule has 1 aromatic carbocycles. The summed E-state index contributed by atoms with van der Waals surface area (Å²) in [7, 11) is 1.64. The van der Waals surface area contributed by atoms with Gasteiger partial charge in [0.05, 0.1) is 12.8 Å². The lowest BCUT2D eigenvalue weighted by atomic mass is 10.1. The number of esters is 1. The molecular formula is C18H25NO4. The Hall–Kier alpha value is -2.04. The number of amides is 1. The first-order chi connectivity index (χ1) is 10.8. The predicted octanol–water partition coefficient (Wildman–Crippen LogP) is 3.10. The van der Waals surface area contributed by atoms with Crippen molar-refractivity contribution in [3.8, 4) is 5.75 Å². The number of hydrogen-bond donors (Lipinski definition) is 0. The summed E-state index contributed by atoms with van der Waals surface area (Å²) < 4.78 is 10.6. The summed E-state index contributed by atoms with van der Waals surface area (Å²) in [5.74, 6) is 0.612. The third-order valence-corrected chi connectivity index (χ3v) is 3.70. The van der Waals surface area contributed by atoms with Gasteiger partial charge in [-0.1, -0.05) is 6.07 Å². The predicted molar refractivity (Wildman–Crippen MR) is 88.7 cm³/mol. The number of anilines is 1. The molecule has 0 saturated heterocycles. The highest BCUT2D eigenvalue weighted by molar-refractivity contribution is 5.96. The number of benzene rings is 1. The summed E-state index contributed by atoms with van der Waals surface area (Å²) in [6.07, 6.45) is 1.92. The van der Waals surface area contributed by atoms with E-state index in [0.29, 0.717) is 19.4 Å². The molecule has 0 unspecified atom stereocenters. The van der Waals surface area contributed by atoms with E-state index in [-0.39, 0.29) is 18.3 Å². The van der Waals surface area contributed by atoms with Crippen LogP contribution in [0.5, 0.6) is 5.75 Å². The van der Waals surface area contributed by atoms with Crippen LogP contribution in [0.2, 0.25) is 0 Å². The van der Waals surface area contributed by atoms with Gasteiger partial charge in [0.2, 0.25) is 5.91 Å². The van der Waals surface area contributed by atoms with Crippen molar-refractivity contribution >= 4 is 17.6 Å². The van der Waals surface area contributed by atoms with E-state index >= 15 is 0 Å². The minimum atomic E-state index is -0.481. The molecule has 0 saturated carbocycles. The van der Waals surface area contributed by atoms with Crippen molar-refractivity contribution in [1.29, 1.82) is 0 Å². The number of fused-ring (bicyclic) bond motifs is 1. The molecule has 1 heterocycles. The van der Waals surface area contributed by atoms with Gasteiger partial charge in [-0.15, -0.1) is 0 Å². The molecule has 2 rings (SSSR count). The molecule has 23 heavy (non-hydrogen) atoms. The van der Waals surface area contributed by atoms with Crippen LogP contribution in [0.15, 0.2) is 18.2 Å². The van der Waals surface area contributed by atoms with Gasteiger partial charge in [0.15, 0.2) is 0 Å². The average Bonchev–Trinajstić information content (AvgIpc) is 2.89. The van der Waals surface area contributed by atoms with E-state index in [1.165, 1.54) is 0 Å². The number of carbonyl (C=O) groups is 2. The Labute approximate surface area is 137 Å². The van der Waals surface area contributed by atoms with Crippen molar-refractivity contribution in [2.45, 2.75) is 52.1 Å². The van der Waals surface area contributed by atoms with Crippen LogP contribution in [0.25, 0.3) is 0 Å². The third-order valence-electron chi connectivity index (χ3n) is 3.70. The van der Waals surface area contributed by atoms with Gasteiger partial charge < -0.3 is 14.4 Å². The fourth-order valence-corrected chi connectivity index (χ4v) is 2.76. The fraction of sp³-hybridized carbons (Fsp3) is 0.556. The lowest BCUT2D eigenvalue weighted by Gasteiger charge is -2.20. The maximum atomic E-state index is 12.4. The second-order valence-corrected chi connectivity index (χ2v) is 6.69. The zero-order valence-corrected chi connectivity index (χ0v) is 14.3. The second kappa shape index (κ2) is 7.02. The Balaban J connectivity index is 1.88. The van der Waals surface area contributed by atoms with Crippen molar-refractivity contribution in [1.82, 2.24) is 0 Å². The molecule has 126 valence electrons. The SMILES string of the molecule is COc1cccc2c1CCN2C(=O)CCCC(=O)OC(C)(C)C. The van der Waals surface area contributed by atoms with Gasteiger partial charge in [-0.25, -0.2) is 0 Å². The normalized spacial score (nSPS) is 13.7. The highest BCUT2D eigenvalue weighted by Crippen LogP contribution is 2.35. The molecule has 0 aromatic heterocycles. The van der Waals surface area contributed by atoms with E-state index in [9.17, 15) is 9.59 Å². The minimum Gasteiger partial charge on any atom is -0.496 e. The molecule has 0 N–H and O–H groups in total. The van der Waals surface area contributed by atoms with Gasteiger partial charge in [0.25, 0.3) is 0 Å². The zero-order chi connectivity index (χ0) is 17.0. The van der Waals surface area contributed by atoms with Crippen LogP contribution in [-0.4, -0.2) is 31.1 Å². The summed E-state index contributed by atoms with van der Waals surface area (Å²) in [4.78, 5) is 25.9. The van der Waals surface area contributed by atoms with E-state index < -0.39 is 5.60 Å². The van der Waals surface area contributed by atoms with E-state index in [2.05, 4.69) is 0 Å². The first-order valence-corrected chi connectivity index (χ1v) is 8.00. The minimum absolute atomic E-state index is 0.0422. The molecule has 1 aliphatic rings. The van der Waals surface area contributed by atoms with Crippen molar-refractivity contribution in [3.05, 3.63) is 23.8 Å². The lowest BCUT2D eigenvalue weighted by molar-refractivity contribution is -0.154. The maximum Gasteiger partial charge on any atom is 0.306 e. The van der Waals surface area contributed by atoms with Crippen LogP contribution in [0.1, 0.15) is 45.6 Å².